The van der Waals surface area contributed by atoms with Crippen LogP contribution in [-0.2, 0) is 11.3 Å². The molecule has 0 aliphatic heterocycles. The van der Waals surface area contributed by atoms with Gasteiger partial charge in [-0.2, -0.15) is 5.10 Å². The minimum absolute atomic E-state index is 0.0466. The minimum Gasteiger partial charge on any atom is -0.481 e. The number of aliphatic carboxylic acids is 1. The maximum Gasteiger partial charge on any atom is 0.313 e. The highest BCUT2D eigenvalue weighted by Crippen LogP contribution is 2.37. The van der Waals surface area contributed by atoms with E-state index in [-0.39, 0.29) is 5.75 Å². The van der Waals surface area contributed by atoms with Gasteiger partial charge < -0.3 is 9.67 Å². The summed E-state index contributed by atoms with van der Waals surface area (Å²) in [7, 11) is 0. The Morgan fingerprint density at radius 2 is 2.14 bits per heavy atom. The largest absolute Gasteiger partial charge is 0.481 e. The predicted molar refractivity (Wildman–Crippen MR) is 81.8 cm³/mol. The van der Waals surface area contributed by atoms with Gasteiger partial charge in [0.05, 0.1) is 11.4 Å². The molecule has 0 bridgehead atoms. The number of fused-ring (bicyclic) bond motifs is 1. The normalized spacial score (nSPS) is 16.1. The molecule has 1 saturated carbocycles. The Morgan fingerprint density at radius 3 is 2.76 bits per heavy atom. The first-order chi connectivity index (χ1) is 10.1. The lowest BCUT2D eigenvalue weighted by Gasteiger charge is -2.16. The standard InChI is InChI=1S/C14H20N4O2S/c1-3-17-13-12(9(2)16-17)15-14(21-8-11(19)20)18(13)10-6-4-5-7-10/h10H,3-8H2,1-2H3,(H,19,20). The summed E-state index contributed by atoms with van der Waals surface area (Å²) in [6.45, 7) is 4.83. The molecule has 0 unspecified atom stereocenters. The molecule has 1 N–H and O–H groups in total. The van der Waals surface area contributed by atoms with Crippen LogP contribution in [0.4, 0.5) is 0 Å². The summed E-state index contributed by atoms with van der Waals surface area (Å²) >= 11 is 1.31. The van der Waals surface area contributed by atoms with Gasteiger partial charge in [0.1, 0.15) is 5.52 Å². The summed E-state index contributed by atoms with van der Waals surface area (Å²) < 4.78 is 4.22. The quantitative estimate of drug-likeness (QED) is 0.860. The molecule has 0 amide bonds. The number of carboxylic acid groups (broad SMARTS) is 1. The van der Waals surface area contributed by atoms with Crippen LogP contribution in [0.2, 0.25) is 0 Å². The summed E-state index contributed by atoms with van der Waals surface area (Å²) in [5.41, 5.74) is 2.88. The van der Waals surface area contributed by atoms with Gasteiger partial charge in [-0.3, -0.25) is 4.79 Å². The Balaban J connectivity index is 2.11. The number of nitrogens with zero attached hydrogens (tertiary/aromatic N) is 4. The lowest BCUT2D eigenvalue weighted by molar-refractivity contribution is -0.133. The number of imidazole rings is 1. The molecule has 3 rings (SSSR count). The maximum absolute atomic E-state index is 10.9. The van der Waals surface area contributed by atoms with E-state index in [9.17, 15) is 4.79 Å². The number of rotatable bonds is 5. The Labute approximate surface area is 127 Å². The van der Waals surface area contributed by atoms with Crippen molar-refractivity contribution in [1.29, 1.82) is 0 Å². The average Bonchev–Trinajstić information content (AvgIpc) is 3.13. The second-order valence-corrected chi connectivity index (χ2v) is 6.40. The molecule has 0 saturated heterocycles. The number of hydrogen-bond acceptors (Lipinski definition) is 4. The van der Waals surface area contributed by atoms with Crippen molar-refractivity contribution >= 4 is 28.9 Å². The minimum atomic E-state index is -0.807. The molecule has 2 heterocycles. The van der Waals surface area contributed by atoms with Crippen LogP contribution >= 0.6 is 11.8 Å². The third kappa shape index (κ3) is 2.54. The molecule has 2 aromatic rings. The average molecular weight is 308 g/mol. The fourth-order valence-electron chi connectivity index (χ4n) is 3.11. The van der Waals surface area contributed by atoms with Crippen LogP contribution in [0.25, 0.3) is 11.2 Å². The van der Waals surface area contributed by atoms with Gasteiger partial charge >= 0.3 is 5.97 Å². The second-order valence-electron chi connectivity index (χ2n) is 5.46. The summed E-state index contributed by atoms with van der Waals surface area (Å²) in [5.74, 6) is -0.760. The molecule has 6 nitrogen and oxygen atoms in total. The second kappa shape index (κ2) is 5.71. The highest BCUT2D eigenvalue weighted by molar-refractivity contribution is 7.99. The van der Waals surface area contributed by atoms with Gasteiger partial charge in [0.25, 0.3) is 0 Å². The Bertz CT molecular complexity index is 670. The van der Waals surface area contributed by atoms with E-state index >= 15 is 0 Å². The lowest BCUT2D eigenvalue weighted by Crippen LogP contribution is -2.11. The van der Waals surface area contributed by atoms with Crippen LogP contribution in [0.5, 0.6) is 0 Å². The van der Waals surface area contributed by atoms with E-state index in [0.29, 0.717) is 6.04 Å². The first-order valence-electron chi connectivity index (χ1n) is 7.41. The van der Waals surface area contributed by atoms with E-state index in [1.807, 2.05) is 11.6 Å². The van der Waals surface area contributed by atoms with E-state index in [1.54, 1.807) is 0 Å². The first kappa shape index (κ1) is 14.4. The topological polar surface area (TPSA) is 72.9 Å². The van der Waals surface area contributed by atoms with Crippen molar-refractivity contribution < 1.29 is 9.90 Å². The van der Waals surface area contributed by atoms with E-state index in [2.05, 4.69) is 21.6 Å². The Morgan fingerprint density at radius 1 is 1.43 bits per heavy atom. The molecule has 2 aromatic heterocycles. The lowest BCUT2D eigenvalue weighted by atomic mass is 10.2. The van der Waals surface area contributed by atoms with E-state index in [1.165, 1.54) is 24.6 Å². The molecule has 0 aromatic carbocycles. The van der Waals surface area contributed by atoms with E-state index < -0.39 is 5.97 Å². The van der Waals surface area contributed by atoms with E-state index in [4.69, 9.17) is 5.11 Å². The molecule has 0 radical (unpaired) electrons. The zero-order valence-electron chi connectivity index (χ0n) is 12.4. The third-order valence-corrected chi connectivity index (χ3v) is 4.96. The summed E-state index contributed by atoms with van der Waals surface area (Å²) in [6.07, 6.45) is 4.74. The van der Waals surface area contributed by atoms with Gasteiger partial charge in [-0.15, -0.1) is 0 Å². The van der Waals surface area contributed by atoms with Gasteiger partial charge in [-0.1, -0.05) is 24.6 Å². The van der Waals surface area contributed by atoms with Crippen molar-refractivity contribution in [2.24, 2.45) is 0 Å². The van der Waals surface area contributed by atoms with Crippen LogP contribution in [0.3, 0.4) is 0 Å². The van der Waals surface area contributed by atoms with Gasteiger partial charge in [-0.05, 0) is 26.7 Å². The molecule has 21 heavy (non-hydrogen) atoms. The number of carboxylic acids is 1. The fourth-order valence-corrected chi connectivity index (χ4v) is 3.89. The SMILES string of the molecule is CCn1nc(C)c2nc(SCC(=O)O)n(C3CCCC3)c21. The summed E-state index contributed by atoms with van der Waals surface area (Å²) in [6, 6.07) is 0.424. The monoisotopic (exact) mass is 308 g/mol. The molecular formula is C14H20N4O2S. The zero-order chi connectivity index (χ0) is 15.0. The molecule has 7 heteroatoms. The van der Waals surface area contributed by atoms with Crippen molar-refractivity contribution in [3.8, 4) is 0 Å². The smallest absolute Gasteiger partial charge is 0.313 e. The van der Waals surface area contributed by atoms with Crippen molar-refractivity contribution in [3.63, 3.8) is 0 Å². The number of aromatic nitrogens is 4. The van der Waals surface area contributed by atoms with Gasteiger partial charge in [-0.25, -0.2) is 9.67 Å². The van der Waals surface area contributed by atoms with Crippen molar-refractivity contribution in [3.05, 3.63) is 5.69 Å². The molecule has 1 fully saturated rings. The highest BCUT2D eigenvalue weighted by atomic mass is 32.2. The van der Waals surface area contributed by atoms with Crippen LogP contribution in [0.1, 0.15) is 44.3 Å². The number of carbonyl (C=O) groups is 1. The molecule has 1 aliphatic rings. The maximum atomic E-state index is 10.9. The van der Waals surface area contributed by atoms with Crippen molar-refractivity contribution in [1.82, 2.24) is 19.3 Å². The number of thioether (sulfide) groups is 1. The molecule has 114 valence electrons. The van der Waals surface area contributed by atoms with Gasteiger partial charge in [0.15, 0.2) is 10.8 Å². The van der Waals surface area contributed by atoms with E-state index in [0.717, 1.165) is 41.4 Å². The highest BCUT2D eigenvalue weighted by Gasteiger charge is 2.26. The van der Waals surface area contributed by atoms with Crippen LogP contribution in [-0.4, -0.2) is 36.2 Å². The zero-order valence-corrected chi connectivity index (χ0v) is 13.2. The number of hydrogen-bond donors (Lipinski definition) is 1. The molecule has 1 aliphatic carbocycles. The van der Waals surface area contributed by atoms with Crippen molar-refractivity contribution in [2.75, 3.05) is 5.75 Å². The first-order valence-corrected chi connectivity index (χ1v) is 8.40. The Hall–Kier alpha value is -1.50. The predicted octanol–water partition coefficient (Wildman–Crippen LogP) is 2.85. The number of aryl methyl sites for hydroxylation is 2. The van der Waals surface area contributed by atoms with Crippen LogP contribution in [0.15, 0.2) is 5.16 Å². The van der Waals surface area contributed by atoms with Crippen molar-refractivity contribution in [2.45, 2.75) is 57.3 Å². The third-order valence-electron chi connectivity index (χ3n) is 4.03. The van der Waals surface area contributed by atoms with Crippen LogP contribution < -0.4 is 0 Å². The van der Waals surface area contributed by atoms with Gasteiger partial charge in [0.2, 0.25) is 0 Å². The molecular weight excluding hydrogens is 288 g/mol. The van der Waals surface area contributed by atoms with Gasteiger partial charge in [0, 0.05) is 12.6 Å². The summed E-state index contributed by atoms with van der Waals surface area (Å²) in [4.78, 5) is 15.5. The molecule has 0 spiro atoms. The summed E-state index contributed by atoms with van der Waals surface area (Å²) in [5, 5.41) is 14.3. The Kier molecular flexibility index (Phi) is 3.93. The fraction of sp³-hybridized carbons (Fsp3) is 0.643. The molecule has 0 atom stereocenters. The van der Waals surface area contributed by atoms with Crippen LogP contribution in [0, 0.1) is 6.92 Å².